The number of hydrogen-bond donors (Lipinski definition) is 3. The van der Waals surface area contributed by atoms with Crippen molar-refractivity contribution in [1.82, 2.24) is 10.2 Å². The highest BCUT2D eigenvalue weighted by Gasteiger charge is 2.44. The topological polar surface area (TPSA) is 118 Å². The second-order valence-electron chi connectivity index (χ2n) is 10.1. The molecule has 2 aliphatic heterocycles. The van der Waals surface area contributed by atoms with Crippen LogP contribution in [0.3, 0.4) is 0 Å². The number of rotatable bonds is 4. The summed E-state index contributed by atoms with van der Waals surface area (Å²) in [5, 5.41) is 22.6. The molecule has 0 aromatic heterocycles. The van der Waals surface area contributed by atoms with Gasteiger partial charge >= 0.3 is 6.09 Å². The Labute approximate surface area is 204 Å². The standard InChI is InChI=1S/C26H32N2O7/c1-25(2,3)35-24(32)27-14-16-5-6-20-18(11-16)26(15-34-20)7-9-28(10-8-26)23(31)17-12-19(29)22(30)21(13-17)33-4/h5-6,11-13,29-30H,7-10,14-15H2,1-4H3,(H,27,32). The molecule has 35 heavy (non-hydrogen) atoms. The van der Waals surface area contributed by atoms with Crippen LogP contribution in [0.1, 0.15) is 55.1 Å². The maximum atomic E-state index is 13.1. The number of aromatic hydroxyl groups is 2. The second kappa shape index (κ2) is 9.20. The van der Waals surface area contributed by atoms with Gasteiger partial charge in [0.15, 0.2) is 11.5 Å². The van der Waals surface area contributed by atoms with Crippen molar-refractivity contribution in [3.8, 4) is 23.0 Å². The van der Waals surface area contributed by atoms with Crippen molar-refractivity contribution in [1.29, 1.82) is 0 Å². The maximum absolute atomic E-state index is 13.1. The number of carbonyl (C=O) groups is 2. The molecular weight excluding hydrogens is 452 g/mol. The number of benzene rings is 2. The number of nitrogens with one attached hydrogen (secondary N) is 1. The van der Waals surface area contributed by atoms with Crippen molar-refractivity contribution < 1.29 is 34.0 Å². The lowest BCUT2D eigenvalue weighted by atomic mass is 9.74. The number of alkyl carbamates (subject to hydrolysis) is 1. The monoisotopic (exact) mass is 484 g/mol. The van der Waals surface area contributed by atoms with Crippen molar-refractivity contribution in [3.05, 3.63) is 47.0 Å². The zero-order valence-electron chi connectivity index (χ0n) is 20.5. The molecule has 3 N–H and O–H groups in total. The molecule has 2 amide bonds. The van der Waals surface area contributed by atoms with Gasteiger partial charge in [0, 0.05) is 36.2 Å². The van der Waals surface area contributed by atoms with E-state index < -0.39 is 23.2 Å². The van der Waals surface area contributed by atoms with Crippen LogP contribution in [0.2, 0.25) is 0 Å². The number of fused-ring (bicyclic) bond motifs is 2. The molecule has 2 aliphatic rings. The van der Waals surface area contributed by atoms with Gasteiger partial charge in [-0.1, -0.05) is 6.07 Å². The van der Waals surface area contributed by atoms with E-state index in [1.54, 1.807) is 4.90 Å². The first-order valence-corrected chi connectivity index (χ1v) is 11.6. The lowest BCUT2D eigenvalue weighted by Crippen LogP contribution is -2.46. The predicted molar refractivity (Wildman–Crippen MR) is 128 cm³/mol. The molecule has 1 saturated heterocycles. The van der Waals surface area contributed by atoms with Gasteiger partial charge in [0.05, 0.1) is 13.7 Å². The van der Waals surface area contributed by atoms with Gasteiger partial charge in [-0.2, -0.15) is 0 Å². The number of carbonyl (C=O) groups excluding carboxylic acids is 2. The fourth-order valence-corrected chi connectivity index (χ4v) is 4.62. The van der Waals surface area contributed by atoms with Gasteiger partial charge in [0.2, 0.25) is 5.75 Å². The van der Waals surface area contributed by atoms with Crippen LogP contribution >= 0.6 is 0 Å². The van der Waals surface area contributed by atoms with Gasteiger partial charge in [-0.3, -0.25) is 4.79 Å². The molecule has 0 unspecified atom stereocenters. The molecule has 9 heteroatoms. The Morgan fingerprint density at radius 3 is 2.51 bits per heavy atom. The molecule has 0 atom stereocenters. The molecule has 2 aromatic rings. The Morgan fingerprint density at radius 1 is 1.14 bits per heavy atom. The average molecular weight is 485 g/mol. The van der Waals surface area contributed by atoms with Gasteiger partial charge in [-0.15, -0.1) is 0 Å². The highest BCUT2D eigenvalue weighted by Crippen LogP contribution is 2.46. The van der Waals surface area contributed by atoms with Crippen LogP contribution in [0.15, 0.2) is 30.3 Å². The first-order valence-electron chi connectivity index (χ1n) is 11.6. The molecule has 1 fully saturated rings. The van der Waals surface area contributed by atoms with E-state index in [4.69, 9.17) is 14.2 Å². The smallest absolute Gasteiger partial charge is 0.407 e. The van der Waals surface area contributed by atoms with E-state index in [-0.39, 0.29) is 22.6 Å². The molecule has 2 heterocycles. The molecule has 188 valence electrons. The highest BCUT2D eigenvalue weighted by atomic mass is 16.6. The molecule has 2 aromatic carbocycles. The Bertz CT molecular complexity index is 1130. The molecule has 0 saturated carbocycles. The highest BCUT2D eigenvalue weighted by molar-refractivity contribution is 5.95. The lowest BCUT2D eigenvalue weighted by Gasteiger charge is -2.38. The SMILES string of the molecule is COc1cc(C(=O)N2CCC3(CC2)COc2ccc(CNC(=O)OC(C)(C)C)cc23)cc(O)c1O. The second-order valence-corrected chi connectivity index (χ2v) is 10.1. The number of ether oxygens (including phenoxy) is 3. The van der Waals surface area contributed by atoms with E-state index in [1.807, 2.05) is 32.9 Å². The summed E-state index contributed by atoms with van der Waals surface area (Å²) in [7, 11) is 1.36. The third kappa shape index (κ3) is 5.08. The average Bonchev–Trinajstić information content (AvgIpc) is 3.15. The zero-order chi connectivity index (χ0) is 25.4. The first kappa shape index (κ1) is 24.5. The summed E-state index contributed by atoms with van der Waals surface area (Å²) in [6, 6.07) is 8.61. The number of phenols is 2. The number of methoxy groups -OCH3 is 1. The number of hydrogen-bond acceptors (Lipinski definition) is 7. The number of nitrogens with zero attached hydrogens (tertiary/aromatic N) is 1. The Hall–Kier alpha value is -3.62. The lowest BCUT2D eigenvalue weighted by molar-refractivity contribution is 0.0523. The van der Waals surface area contributed by atoms with E-state index in [2.05, 4.69) is 11.4 Å². The maximum Gasteiger partial charge on any atom is 0.407 e. The minimum atomic E-state index is -0.560. The van der Waals surface area contributed by atoms with Crippen molar-refractivity contribution in [3.63, 3.8) is 0 Å². The Morgan fingerprint density at radius 2 is 1.86 bits per heavy atom. The van der Waals surface area contributed by atoms with Crippen LogP contribution < -0.4 is 14.8 Å². The van der Waals surface area contributed by atoms with Gasteiger partial charge in [0.1, 0.15) is 11.4 Å². The number of piperidine rings is 1. The molecule has 0 aliphatic carbocycles. The molecular formula is C26H32N2O7. The fraction of sp³-hybridized carbons (Fsp3) is 0.462. The summed E-state index contributed by atoms with van der Waals surface area (Å²) >= 11 is 0. The summed E-state index contributed by atoms with van der Waals surface area (Å²) in [6.07, 6.45) is 0.971. The van der Waals surface area contributed by atoms with Crippen LogP contribution in [-0.4, -0.2) is 59.5 Å². The molecule has 1 spiro atoms. The van der Waals surface area contributed by atoms with Crippen LogP contribution in [-0.2, 0) is 16.7 Å². The molecule has 0 radical (unpaired) electrons. The van der Waals surface area contributed by atoms with Gasteiger partial charge in [-0.25, -0.2) is 4.79 Å². The number of phenolic OH excluding ortho intramolecular Hbond substituents is 2. The van der Waals surface area contributed by atoms with E-state index in [0.717, 1.165) is 29.7 Å². The molecule has 9 nitrogen and oxygen atoms in total. The minimum Gasteiger partial charge on any atom is -0.504 e. The van der Waals surface area contributed by atoms with E-state index in [9.17, 15) is 19.8 Å². The fourth-order valence-electron chi connectivity index (χ4n) is 4.62. The summed E-state index contributed by atoms with van der Waals surface area (Å²) in [5.74, 6) is -0.139. The summed E-state index contributed by atoms with van der Waals surface area (Å²) in [4.78, 5) is 26.8. The molecule has 4 rings (SSSR count). The van der Waals surface area contributed by atoms with Crippen LogP contribution in [0, 0.1) is 0 Å². The van der Waals surface area contributed by atoms with Crippen LogP contribution in [0.25, 0.3) is 0 Å². The van der Waals surface area contributed by atoms with Crippen molar-refractivity contribution in [2.45, 2.75) is 51.2 Å². The van der Waals surface area contributed by atoms with Crippen molar-refractivity contribution in [2.75, 3.05) is 26.8 Å². The predicted octanol–water partition coefficient (Wildman–Crippen LogP) is 3.70. The summed E-state index contributed by atoms with van der Waals surface area (Å²) < 4.78 is 16.4. The third-order valence-electron chi connectivity index (χ3n) is 6.48. The van der Waals surface area contributed by atoms with E-state index >= 15 is 0 Å². The largest absolute Gasteiger partial charge is 0.504 e. The normalized spacial score (nSPS) is 16.4. The van der Waals surface area contributed by atoms with Crippen molar-refractivity contribution >= 4 is 12.0 Å². The minimum absolute atomic E-state index is 0.0486. The number of likely N-dealkylation sites (tertiary alicyclic amines) is 1. The van der Waals surface area contributed by atoms with Gasteiger partial charge < -0.3 is 34.6 Å². The van der Waals surface area contributed by atoms with Gasteiger partial charge in [0.25, 0.3) is 5.91 Å². The molecule has 0 bridgehead atoms. The number of amides is 2. The van der Waals surface area contributed by atoms with E-state index in [1.165, 1.54) is 19.2 Å². The van der Waals surface area contributed by atoms with Crippen LogP contribution in [0.4, 0.5) is 4.79 Å². The summed E-state index contributed by atoms with van der Waals surface area (Å²) in [5.41, 5.74) is 1.53. The van der Waals surface area contributed by atoms with Crippen molar-refractivity contribution in [2.24, 2.45) is 0 Å². The zero-order valence-corrected chi connectivity index (χ0v) is 20.5. The Kier molecular flexibility index (Phi) is 6.44. The summed E-state index contributed by atoms with van der Waals surface area (Å²) in [6.45, 7) is 7.39. The Balaban J connectivity index is 1.44. The first-order chi connectivity index (χ1) is 16.5. The third-order valence-corrected chi connectivity index (χ3v) is 6.48. The van der Waals surface area contributed by atoms with Crippen LogP contribution in [0.5, 0.6) is 23.0 Å². The van der Waals surface area contributed by atoms with E-state index in [0.29, 0.717) is 26.2 Å². The quantitative estimate of drug-likeness (QED) is 0.567. The van der Waals surface area contributed by atoms with Gasteiger partial charge in [-0.05, 0) is 63.4 Å².